The van der Waals surface area contributed by atoms with E-state index in [1.807, 2.05) is 0 Å². The van der Waals surface area contributed by atoms with Crippen LogP contribution in [-0.2, 0) is 28.4 Å². The summed E-state index contributed by atoms with van der Waals surface area (Å²) >= 11 is 0. The van der Waals surface area contributed by atoms with Gasteiger partial charge in [-0.3, -0.25) is 0 Å². The third-order valence-corrected chi connectivity index (χ3v) is 4.66. The first-order chi connectivity index (χ1) is 13.2. The Hall–Kier alpha value is -0.280. The lowest BCUT2D eigenvalue weighted by Crippen LogP contribution is -2.54. The van der Waals surface area contributed by atoms with Gasteiger partial charge in [-0.1, -0.05) is 13.3 Å². The third kappa shape index (κ3) is 16.4. The lowest BCUT2D eigenvalue weighted by molar-refractivity contribution is -0.929. The zero-order valence-electron chi connectivity index (χ0n) is 18.2. The highest BCUT2D eigenvalue weighted by atomic mass is 16.5. The van der Waals surface area contributed by atoms with Crippen LogP contribution in [0.5, 0.6) is 0 Å². The summed E-state index contributed by atoms with van der Waals surface area (Å²) in [5.74, 6) is 0. The quantitative estimate of drug-likeness (QED) is 0.207. The van der Waals surface area contributed by atoms with Gasteiger partial charge in [-0.25, -0.2) is 0 Å². The SMILES string of the molecule is CCCCC[N+](CCOCCOC)(CCOCCOC)CCOCCOC. The normalized spacial score (nSPS) is 12.0. The van der Waals surface area contributed by atoms with Gasteiger partial charge in [-0.15, -0.1) is 0 Å². The van der Waals surface area contributed by atoms with Crippen LogP contribution in [0.15, 0.2) is 0 Å². The molecule has 0 bridgehead atoms. The number of rotatable bonds is 22. The van der Waals surface area contributed by atoms with E-state index in [-0.39, 0.29) is 0 Å². The number of nitrogens with zero attached hydrogens (tertiary/aromatic N) is 1. The van der Waals surface area contributed by atoms with Gasteiger partial charge < -0.3 is 32.9 Å². The Morgan fingerprint density at radius 3 is 1.22 bits per heavy atom. The summed E-state index contributed by atoms with van der Waals surface area (Å²) in [6.07, 6.45) is 3.68. The van der Waals surface area contributed by atoms with Gasteiger partial charge in [0.1, 0.15) is 19.6 Å². The van der Waals surface area contributed by atoms with Crippen LogP contribution in [0.3, 0.4) is 0 Å². The molecule has 0 amide bonds. The summed E-state index contributed by atoms with van der Waals surface area (Å²) in [4.78, 5) is 0. The van der Waals surface area contributed by atoms with Crippen molar-refractivity contribution in [2.45, 2.75) is 26.2 Å². The van der Waals surface area contributed by atoms with Gasteiger partial charge >= 0.3 is 0 Å². The third-order valence-electron chi connectivity index (χ3n) is 4.66. The Bertz CT molecular complexity index is 258. The molecule has 0 aliphatic carbocycles. The Balaban J connectivity index is 4.61. The van der Waals surface area contributed by atoms with Crippen LogP contribution in [0.1, 0.15) is 26.2 Å². The fourth-order valence-electron chi connectivity index (χ4n) is 2.88. The molecule has 0 heterocycles. The zero-order valence-corrected chi connectivity index (χ0v) is 18.2. The fourth-order valence-corrected chi connectivity index (χ4v) is 2.88. The first-order valence-corrected chi connectivity index (χ1v) is 10.3. The first-order valence-electron chi connectivity index (χ1n) is 10.3. The Morgan fingerprint density at radius 1 is 0.481 bits per heavy atom. The molecule has 0 radical (unpaired) electrons. The fraction of sp³-hybridized carbons (Fsp3) is 1.00. The van der Waals surface area contributed by atoms with Gasteiger partial charge in [-0.2, -0.15) is 0 Å². The van der Waals surface area contributed by atoms with E-state index < -0.39 is 0 Å². The minimum Gasteiger partial charge on any atom is -0.382 e. The van der Waals surface area contributed by atoms with Crippen LogP contribution in [0.4, 0.5) is 0 Å². The van der Waals surface area contributed by atoms with Crippen LogP contribution in [-0.4, -0.2) is 111 Å². The van der Waals surface area contributed by atoms with Crippen molar-refractivity contribution in [2.75, 3.05) is 107 Å². The molecule has 27 heavy (non-hydrogen) atoms. The summed E-state index contributed by atoms with van der Waals surface area (Å²) in [5, 5.41) is 0. The van der Waals surface area contributed by atoms with E-state index in [2.05, 4.69) is 6.92 Å². The molecule has 0 aromatic carbocycles. The van der Waals surface area contributed by atoms with Crippen molar-refractivity contribution < 1.29 is 32.9 Å². The molecule has 0 aromatic rings. The molecule has 7 nitrogen and oxygen atoms in total. The average molecular weight is 395 g/mol. The molecular weight excluding hydrogens is 350 g/mol. The Kier molecular flexibility index (Phi) is 20.2. The molecule has 7 heteroatoms. The van der Waals surface area contributed by atoms with Crippen molar-refractivity contribution in [2.24, 2.45) is 0 Å². The van der Waals surface area contributed by atoms with E-state index in [1.165, 1.54) is 19.3 Å². The second kappa shape index (κ2) is 20.5. The van der Waals surface area contributed by atoms with Crippen molar-refractivity contribution in [3.8, 4) is 0 Å². The summed E-state index contributed by atoms with van der Waals surface area (Å²) in [7, 11) is 5.09. The molecule has 0 fully saturated rings. The molecule has 0 atom stereocenters. The van der Waals surface area contributed by atoms with Crippen molar-refractivity contribution in [1.29, 1.82) is 0 Å². The minimum atomic E-state index is 0.635. The van der Waals surface area contributed by atoms with Crippen molar-refractivity contribution in [3.05, 3.63) is 0 Å². The molecule has 0 aromatic heterocycles. The van der Waals surface area contributed by atoms with Gasteiger partial charge in [-0.05, 0) is 12.8 Å². The number of quaternary nitrogens is 1. The summed E-state index contributed by atoms with van der Waals surface area (Å²) < 4.78 is 33.4. The standard InChI is InChI=1S/C20H44NO6/c1-5-6-7-8-21(9-12-25-18-15-22-2,10-13-26-19-16-23-3)11-14-27-20-17-24-4/h5-20H2,1-4H3/q+1. The van der Waals surface area contributed by atoms with Crippen molar-refractivity contribution >= 4 is 0 Å². The number of methoxy groups -OCH3 is 3. The molecule has 0 saturated heterocycles. The summed E-state index contributed by atoms with van der Waals surface area (Å²) in [6, 6.07) is 0. The lowest BCUT2D eigenvalue weighted by Gasteiger charge is -2.39. The summed E-state index contributed by atoms with van der Waals surface area (Å²) in [5.41, 5.74) is 0. The Morgan fingerprint density at radius 2 is 0.889 bits per heavy atom. The van der Waals surface area contributed by atoms with Crippen LogP contribution in [0.2, 0.25) is 0 Å². The maximum atomic E-state index is 5.76. The largest absolute Gasteiger partial charge is 0.382 e. The van der Waals surface area contributed by atoms with Crippen molar-refractivity contribution in [3.63, 3.8) is 0 Å². The van der Waals surface area contributed by atoms with Crippen LogP contribution in [0, 0.1) is 0 Å². The average Bonchev–Trinajstić information content (AvgIpc) is 2.67. The summed E-state index contributed by atoms with van der Waals surface area (Å²) in [6.45, 7) is 12.3. The van der Waals surface area contributed by atoms with E-state index in [4.69, 9.17) is 28.4 Å². The van der Waals surface area contributed by atoms with E-state index in [0.29, 0.717) is 39.6 Å². The smallest absolute Gasteiger partial charge is 0.103 e. The van der Waals surface area contributed by atoms with Crippen LogP contribution < -0.4 is 0 Å². The zero-order chi connectivity index (χ0) is 20.1. The molecule has 0 saturated carbocycles. The number of ether oxygens (including phenoxy) is 6. The van der Waals surface area contributed by atoms with Gasteiger partial charge in [0.05, 0.1) is 66.0 Å². The highest BCUT2D eigenvalue weighted by Crippen LogP contribution is 2.11. The van der Waals surface area contributed by atoms with E-state index in [1.54, 1.807) is 21.3 Å². The maximum Gasteiger partial charge on any atom is 0.103 e. The second-order valence-electron chi connectivity index (χ2n) is 6.76. The first kappa shape index (κ1) is 26.7. The lowest BCUT2D eigenvalue weighted by atomic mass is 10.2. The molecule has 0 N–H and O–H groups in total. The van der Waals surface area contributed by atoms with Gasteiger partial charge in [0.25, 0.3) is 0 Å². The topological polar surface area (TPSA) is 55.4 Å². The van der Waals surface area contributed by atoms with Gasteiger partial charge in [0.2, 0.25) is 0 Å². The van der Waals surface area contributed by atoms with E-state index in [9.17, 15) is 0 Å². The number of unbranched alkanes of at least 4 members (excludes halogenated alkanes) is 2. The molecular formula is C20H44NO6+. The molecule has 0 rings (SSSR count). The van der Waals surface area contributed by atoms with Gasteiger partial charge in [0, 0.05) is 21.3 Å². The predicted molar refractivity (Wildman–Crippen MR) is 107 cm³/mol. The highest BCUT2D eigenvalue weighted by molar-refractivity contribution is 4.50. The molecule has 0 unspecified atom stereocenters. The monoisotopic (exact) mass is 394 g/mol. The highest BCUT2D eigenvalue weighted by Gasteiger charge is 2.26. The van der Waals surface area contributed by atoms with Crippen LogP contribution >= 0.6 is 0 Å². The van der Waals surface area contributed by atoms with Gasteiger partial charge in [0.15, 0.2) is 0 Å². The number of hydrogen-bond donors (Lipinski definition) is 0. The molecule has 0 aliphatic rings. The second-order valence-corrected chi connectivity index (χ2v) is 6.76. The van der Waals surface area contributed by atoms with E-state index in [0.717, 1.165) is 50.5 Å². The van der Waals surface area contributed by atoms with Crippen LogP contribution in [0.25, 0.3) is 0 Å². The molecule has 164 valence electrons. The predicted octanol–water partition coefficient (Wildman–Crippen LogP) is 1.98. The minimum absolute atomic E-state index is 0.635. The Labute approximate surface area is 166 Å². The maximum absolute atomic E-state index is 5.76. The van der Waals surface area contributed by atoms with E-state index >= 15 is 0 Å². The number of hydrogen-bond acceptors (Lipinski definition) is 6. The molecule has 0 aliphatic heterocycles. The van der Waals surface area contributed by atoms with Crippen molar-refractivity contribution in [1.82, 2.24) is 0 Å². The molecule has 0 spiro atoms.